The SMILES string of the molecule is CCCc1cc(=O)oc2c3c(c4c(c12)OC(C)(C)C=C4)O[C@H](C)C(C)(C)[C@@H]3O. The van der Waals surface area contributed by atoms with Crippen LogP contribution in [0.1, 0.15) is 70.8 Å². The van der Waals surface area contributed by atoms with E-state index in [0.29, 0.717) is 22.6 Å². The smallest absolute Gasteiger partial charge is 0.336 e. The van der Waals surface area contributed by atoms with Crippen LogP contribution in [0.15, 0.2) is 21.4 Å². The molecule has 5 heteroatoms. The van der Waals surface area contributed by atoms with Crippen molar-refractivity contribution >= 4 is 17.0 Å². The van der Waals surface area contributed by atoms with E-state index in [0.717, 1.165) is 29.4 Å². The number of ether oxygens (including phenoxy) is 2. The Morgan fingerprint density at radius 2 is 1.89 bits per heavy atom. The quantitative estimate of drug-likeness (QED) is 0.756. The van der Waals surface area contributed by atoms with E-state index >= 15 is 0 Å². The molecule has 0 aliphatic carbocycles. The Labute approximate surface area is 165 Å². The minimum Gasteiger partial charge on any atom is -0.489 e. The fourth-order valence-corrected chi connectivity index (χ4v) is 4.07. The largest absolute Gasteiger partial charge is 0.489 e. The molecule has 1 N–H and O–H groups in total. The summed E-state index contributed by atoms with van der Waals surface area (Å²) in [6.45, 7) is 11.9. The highest BCUT2D eigenvalue weighted by Gasteiger charge is 2.46. The fraction of sp³-hybridized carbons (Fsp3) is 0.522. The third-order valence-electron chi connectivity index (χ3n) is 6.10. The molecule has 3 heterocycles. The molecule has 0 radical (unpaired) electrons. The molecule has 2 aliphatic heterocycles. The third-order valence-corrected chi connectivity index (χ3v) is 6.10. The molecule has 0 spiro atoms. The lowest BCUT2D eigenvalue weighted by molar-refractivity contribution is -0.0506. The first-order chi connectivity index (χ1) is 13.1. The van der Waals surface area contributed by atoms with Gasteiger partial charge in [0.25, 0.3) is 0 Å². The lowest BCUT2D eigenvalue weighted by Gasteiger charge is -2.43. The minimum atomic E-state index is -0.831. The van der Waals surface area contributed by atoms with Crippen molar-refractivity contribution in [3.63, 3.8) is 0 Å². The standard InChI is InChI=1S/C23H28O5/c1-7-8-13-11-15(24)27-20-16(13)19-14(9-10-22(3,4)28-19)18-17(20)21(25)23(5,6)12(2)26-18/h9-12,21,25H,7-8H2,1-6H3/t12-,21-/m1/s1. The molecule has 2 atom stereocenters. The van der Waals surface area contributed by atoms with E-state index in [9.17, 15) is 9.90 Å². The molecule has 5 nitrogen and oxygen atoms in total. The molecule has 0 amide bonds. The van der Waals surface area contributed by atoms with Crippen molar-refractivity contribution in [1.82, 2.24) is 0 Å². The molecule has 28 heavy (non-hydrogen) atoms. The first-order valence-electron chi connectivity index (χ1n) is 9.96. The molecule has 2 aromatic rings. The van der Waals surface area contributed by atoms with E-state index in [-0.39, 0.29) is 6.10 Å². The van der Waals surface area contributed by atoms with Gasteiger partial charge in [0.2, 0.25) is 0 Å². The highest BCUT2D eigenvalue weighted by atomic mass is 16.5. The van der Waals surface area contributed by atoms with Gasteiger partial charge in [-0.2, -0.15) is 0 Å². The average Bonchev–Trinajstić information content (AvgIpc) is 2.59. The lowest BCUT2D eigenvalue weighted by Crippen LogP contribution is -2.42. The van der Waals surface area contributed by atoms with E-state index < -0.39 is 22.7 Å². The zero-order valence-corrected chi connectivity index (χ0v) is 17.4. The van der Waals surface area contributed by atoms with E-state index in [2.05, 4.69) is 6.92 Å². The molecule has 1 aromatic heterocycles. The van der Waals surface area contributed by atoms with Gasteiger partial charge in [0.05, 0.1) is 22.6 Å². The van der Waals surface area contributed by atoms with Crippen molar-refractivity contribution in [2.75, 3.05) is 0 Å². The van der Waals surface area contributed by atoms with Crippen LogP contribution in [0.25, 0.3) is 17.0 Å². The lowest BCUT2D eigenvalue weighted by atomic mass is 9.74. The summed E-state index contributed by atoms with van der Waals surface area (Å²) in [6, 6.07) is 1.54. The number of rotatable bonds is 2. The van der Waals surface area contributed by atoms with Crippen LogP contribution in [0, 0.1) is 5.41 Å². The van der Waals surface area contributed by atoms with Gasteiger partial charge in [-0.15, -0.1) is 0 Å². The second-order valence-electron chi connectivity index (χ2n) is 9.05. The maximum Gasteiger partial charge on any atom is 0.336 e. The summed E-state index contributed by atoms with van der Waals surface area (Å²) in [6.07, 6.45) is 4.53. The van der Waals surface area contributed by atoms with E-state index in [1.54, 1.807) is 0 Å². The van der Waals surface area contributed by atoms with Crippen LogP contribution in [0.3, 0.4) is 0 Å². The van der Waals surface area contributed by atoms with Crippen molar-refractivity contribution in [2.24, 2.45) is 5.41 Å². The minimum absolute atomic E-state index is 0.217. The van der Waals surface area contributed by atoms with Crippen molar-refractivity contribution in [2.45, 2.75) is 72.2 Å². The highest BCUT2D eigenvalue weighted by molar-refractivity contribution is 5.97. The Bertz CT molecular complexity index is 1040. The molecule has 0 saturated carbocycles. The Balaban J connectivity index is 2.18. The molecule has 0 unspecified atom stereocenters. The van der Waals surface area contributed by atoms with E-state index in [1.165, 1.54) is 6.07 Å². The first-order valence-corrected chi connectivity index (χ1v) is 9.96. The number of fused-ring (bicyclic) bond motifs is 6. The van der Waals surface area contributed by atoms with Gasteiger partial charge >= 0.3 is 5.63 Å². The summed E-state index contributed by atoms with van der Waals surface area (Å²) in [5.74, 6) is 1.21. The number of aliphatic hydroxyl groups excluding tert-OH is 1. The third kappa shape index (κ3) is 2.67. The Morgan fingerprint density at radius 1 is 1.18 bits per heavy atom. The molecule has 0 bridgehead atoms. The van der Waals surface area contributed by atoms with Crippen LogP contribution in [0.2, 0.25) is 0 Å². The highest BCUT2D eigenvalue weighted by Crippen LogP contribution is 2.55. The topological polar surface area (TPSA) is 68.9 Å². The van der Waals surface area contributed by atoms with Gasteiger partial charge in [0.1, 0.15) is 23.2 Å². The number of benzene rings is 1. The maximum absolute atomic E-state index is 12.3. The monoisotopic (exact) mass is 384 g/mol. The summed E-state index contributed by atoms with van der Waals surface area (Å²) < 4.78 is 18.3. The van der Waals surface area contributed by atoms with Crippen LogP contribution in [-0.2, 0) is 6.42 Å². The molecule has 1 aromatic carbocycles. The summed E-state index contributed by atoms with van der Waals surface area (Å²) >= 11 is 0. The van der Waals surface area contributed by atoms with Gasteiger partial charge in [-0.25, -0.2) is 4.79 Å². The van der Waals surface area contributed by atoms with Crippen LogP contribution >= 0.6 is 0 Å². The first kappa shape index (κ1) is 19.1. The molecule has 0 saturated heterocycles. The van der Waals surface area contributed by atoms with E-state index in [1.807, 2.05) is 46.8 Å². The number of hydrogen-bond acceptors (Lipinski definition) is 5. The Morgan fingerprint density at radius 3 is 2.57 bits per heavy atom. The summed E-state index contributed by atoms with van der Waals surface area (Å²) in [5, 5.41) is 12.0. The Kier molecular flexibility index (Phi) is 4.16. The normalized spacial score (nSPS) is 24.2. The predicted octanol–water partition coefficient (Wildman–Crippen LogP) is 4.77. The van der Waals surface area contributed by atoms with Gasteiger partial charge in [-0.3, -0.25) is 0 Å². The molecule has 2 aliphatic rings. The molecule has 4 rings (SSSR count). The van der Waals surface area contributed by atoms with Crippen LogP contribution in [0.5, 0.6) is 11.5 Å². The second-order valence-corrected chi connectivity index (χ2v) is 9.05. The van der Waals surface area contributed by atoms with Crippen molar-refractivity contribution in [1.29, 1.82) is 0 Å². The molecule has 0 fully saturated rings. The average molecular weight is 384 g/mol. The van der Waals surface area contributed by atoms with Crippen molar-refractivity contribution in [3.8, 4) is 11.5 Å². The zero-order chi connectivity index (χ0) is 20.4. The fourth-order valence-electron chi connectivity index (χ4n) is 4.07. The maximum atomic E-state index is 12.3. The number of aryl methyl sites for hydroxylation is 1. The van der Waals surface area contributed by atoms with E-state index in [4.69, 9.17) is 13.9 Å². The number of aliphatic hydroxyl groups is 1. The van der Waals surface area contributed by atoms with Gasteiger partial charge in [0, 0.05) is 11.5 Å². The predicted molar refractivity (Wildman–Crippen MR) is 109 cm³/mol. The molecular formula is C23H28O5. The Hall–Kier alpha value is -2.27. The van der Waals surface area contributed by atoms with Gasteiger partial charge in [-0.05, 0) is 44.9 Å². The molecule has 150 valence electrons. The van der Waals surface area contributed by atoms with Gasteiger partial charge in [-0.1, -0.05) is 27.2 Å². The van der Waals surface area contributed by atoms with Crippen LogP contribution in [0.4, 0.5) is 0 Å². The van der Waals surface area contributed by atoms with Crippen LogP contribution in [-0.4, -0.2) is 16.8 Å². The van der Waals surface area contributed by atoms with Gasteiger partial charge < -0.3 is 19.0 Å². The second kappa shape index (κ2) is 6.11. The number of hydrogen-bond donors (Lipinski definition) is 1. The zero-order valence-electron chi connectivity index (χ0n) is 17.4. The van der Waals surface area contributed by atoms with Gasteiger partial charge in [0.15, 0.2) is 5.58 Å². The summed E-state index contributed by atoms with van der Waals surface area (Å²) in [4.78, 5) is 12.3. The summed E-state index contributed by atoms with van der Waals surface area (Å²) in [7, 11) is 0. The van der Waals surface area contributed by atoms with Crippen molar-refractivity contribution in [3.05, 3.63) is 39.3 Å². The molecular weight excluding hydrogens is 356 g/mol. The van der Waals surface area contributed by atoms with Crippen molar-refractivity contribution < 1.29 is 19.0 Å². The summed E-state index contributed by atoms with van der Waals surface area (Å²) in [5.41, 5.74) is 1.14. The van der Waals surface area contributed by atoms with Crippen LogP contribution < -0.4 is 15.1 Å².